The number of hydrogen-bond acceptors (Lipinski definition) is 8. The monoisotopic (exact) mass is 822 g/mol. The van der Waals surface area contributed by atoms with Crippen molar-refractivity contribution in [2.45, 2.75) is 52.4 Å². The number of benzene rings is 2. The zero-order valence-corrected chi connectivity index (χ0v) is 32.1. The number of amides is 3. The van der Waals surface area contributed by atoms with Crippen LogP contribution in [0.2, 0.25) is 0 Å². The van der Waals surface area contributed by atoms with Crippen LogP contribution in [0.15, 0.2) is 72.9 Å². The van der Waals surface area contributed by atoms with Gasteiger partial charge in [-0.15, -0.1) is 0 Å². The number of nitrogens with zero attached hydrogens (tertiary/aromatic N) is 3. The van der Waals surface area contributed by atoms with Gasteiger partial charge in [0.05, 0.1) is 24.3 Å². The van der Waals surface area contributed by atoms with Crippen LogP contribution in [0.5, 0.6) is 0 Å². The number of carbonyl (C=O) groups excluding carboxylic acids is 4. The van der Waals surface area contributed by atoms with E-state index < -0.39 is 77.7 Å². The molecule has 4 N–H and O–H groups in total. The average molecular weight is 823 g/mol. The van der Waals surface area contributed by atoms with E-state index in [-0.39, 0.29) is 29.5 Å². The Morgan fingerprint density at radius 2 is 1.54 bits per heavy atom. The highest BCUT2D eigenvalue weighted by molar-refractivity contribution is 7.99. The van der Waals surface area contributed by atoms with Crippen molar-refractivity contribution in [3.05, 3.63) is 95.8 Å². The fourth-order valence-corrected chi connectivity index (χ4v) is 6.97. The van der Waals surface area contributed by atoms with Gasteiger partial charge in [-0.25, -0.2) is 13.6 Å². The molecule has 57 heavy (non-hydrogen) atoms. The van der Waals surface area contributed by atoms with E-state index in [2.05, 4.69) is 0 Å². The summed E-state index contributed by atoms with van der Waals surface area (Å²) in [6.07, 6.45) is -1.17. The number of imide groups is 1. The summed E-state index contributed by atoms with van der Waals surface area (Å²) >= 11 is 1.07. The average Bonchev–Trinajstić information content (AvgIpc) is 3.67. The van der Waals surface area contributed by atoms with Crippen molar-refractivity contribution in [1.29, 1.82) is 0 Å². The van der Waals surface area contributed by atoms with Gasteiger partial charge in [0.2, 0.25) is 5.91 Å². The summed E-state index contributed by atoms with van der Waals surface area (Å²) in [5, 5.41) is 16.9. The lowest BCUT2D eigenvalue weighted by Gasteiger charge is -2.41. The van der Waals surface area contributed by atoms with Gasteiger partial charge >= 0.3 is 18.1 Å². The van der Waals surface area contributed by atoms with Crippen molar-refractivity contribution in [2.75, 3.05) is 31.1 Å². The molecule has 0 unspecified atom stereocenters. The van der Waals surface area contributed by atoms with Crippen LogP contribution in [0.25, 0.3) is 11.1 Å². The fourth-order valence-electron chi connectivity index (χ4n) is 5.96. The minimum absolute atomic E-state index is 0.0642. The number of aliphatic carboxylic acids is 2. The molecule has 2 atom stereocenters. The number of hydrogen-bond donors (Lipinski definition) is 3. The van der Waals surface area contributed by atoms with Gasteiger partial charge in [-0.05, 0) is 48.2 Å². The second-order valence-electron chi connectivity index (χ2n) is 14.1. The largest absolute Gasteiger partial charge is 0.490 e. The van der Waals surface area contributed by atoms with Gasteiger partial charge in [0.15, 0.2) is 5.78 Å². The van der Waals surface area contributed by atoms with Crippen LogP contribution < -0.4 is 5.73 Å². The van der Waals surface area contributed by atoms with Crippen molar-refractivity contribution in [3.8, 4) is 11.1 Å². The summed E-state index contributed by atoms with van der Waals surface area (Å²) in [4.78, 5) is 73.7. The molecular formula is C39H43F5N4O8S. The standard InChI is InChI=1S/C37H42F2N4O6S.C2HF3O2/c1-37(2,3)35(31-17-25(29-18-27(38)10-11-30(29)39)20-41(31)19-24-8-5-4-6-9-24)42(15-7-14-40)34(47)23-50-22-26(36(48)49)16-28(44)21-43-32(45)12-13-33(43)46;3-2(4,5)1(6)7/h4-6,8-13,17-18,20,26,35H,7,14-16,19,21-23,40H2,1-3H3,(H,48,49);(H,6,7)/t26-,35-;/m0./s1. The number of thioether (sulfide) groups is 1. The molecule has 0 bridgehead atoms. The predicted octanol–water partition coefficient (Wildman–Crippen LogP) is 5.70. The minimum Gasteiger partial charge on any atom is -0.481 e. The third-order valence-corrected chi connectivity index (χ3v) is 9.64. The van der Waals surface area contributed by atoms with Crippen LogP contribution in [0.4, 0.5) is 22.0 Å². The van der Waals surface area contributed by atoms with Crippen LogP contribution in [0, 0.1) is 23.0 Å². The van der Waals surface area contributed by atoms with Crippen LogP contribution in [0.3, 0.4) is 0 Å². The maximum Gasteiger partial charge on any atom is 0.490 e. The highest BCUT2D eigenvalue weighted by Crippen LogP contribution is 2.41. The van der Waals surface area contributed by atoms with Crippen LogP contribution in [0.1, 0.15) is 50.9 Å². The number of alkyl halides is 3. The van der Waals surface area contributed by atoms with Crippen LogP contribution in [-0.4, -0.2) is 97.3 Å². The molecule has 18 heteroatoms. The van der Waals surface area contributed by atoms with E-state index in [1.165, 1.54) is 0 Å². The molecule has 0 saturated heterocycles. The molecule has 1 aliphatic rings. The third-order valence-electron chi connectivity index (χ3n) is 8.55. The molecule has 0 fully saturated rings. The topological polar surface area (TPSA) is 180 Å². The van der Waals surface area contributed by atoms with Gasteiger partial charge in [0.25, 0.3) is 11.8 Å². The number of halogens is 5. The van der Waals surface area contributed by atoms with Crippen molar-refractivity contribution in [1.82, 2.24) is 14.4 Å². The predicted molar refractivity (Wildman–Crippen MR) is 201 cm³/mol. The summed E-state index contributed by atoms with van der Waals surface area (Å²) in [6, 6.07) is 14.1. The van der Waals surface area contributed by atoms with Gasteiger partial charge in [-0.2, -0.15) is 24.9 Å². The molecule has 3 aromatic rings. The zero-order valence-electron chi connectivity index (χ0n) is 31.3. The zero-order chi connectivity index (χ0) is 42.7. The smallest absolute Gasteiger partial charge is 0.481 e. The number of rotatable bonds is 17. The lowest BCUT2D eigenvalue weighted by Crippen LogP contribution is -2.44. The Kier molecular flexibility index (Phi) is 16.3. The Morgan fingerprint density at radius 1 is 0.930 bits per heavy atom. The summed E-state index contributed by atoms with van der Waals surface area (Å²) in [7, 11) is 0. The van der Waals surface area contributed by atoms with E-state index >= 15 is 4.39 Å². The molecule has 0 aliphatic carbocycles. The summed E-state index contributed by atoms with van der Waals surface area (Å²) in [5.41, 5.74) is 7.53. The fraction of sp³-hybridized carbons (Fsp3) is 0.385. The van der Waals surface area contributed by atoms with E-state index in [1.54, 1.807) is 17.2 Å². The summed E-state index contributed by atoms with van der Waals surface area (Å²) < 4.78 is 63.0. The van der Waals surface area contributed by atoms with E-state index in [0.29, 0.717) is 30.8 Å². The summed E-state index contributed by atoms with van der Waals surface area (Å²) in [6.45, 7) is 6.40. The van der Waals surface area contributed by atoms with Crippen molar-refractivity contribution >= 4 is 47.2 Å². The molecule has 0 saturated carbocycles. The Morgan fingerprint density at radius 3 is 2.09 bits per heavy atom. The van der Waals surface area contributed by atoms with Crippen LogP contribution >= 0.6 is 11.8 Å². The van der Waals surface area contributed by atoms with Gasteiger partial charge < -0.3 is 25.4 Å². The van der Waals surface area contributed by atoms with Gasteiger partial charge in [0, 0.05) is 60.4 Å². The molecule has 0 radical (unpaired) electrons. The molecule has 1 aromatic heterocycles. The molecule has 4 rings (SSSR count). The number of carboxylic acids is 2. The van der Waals surface area contributed by atoms with Crippen LogP contribution in [-0.2, 0) is 35.3 Å². The number of nitrogens with two attached hydrogens (primary N) is 1. The molecule has 2 heterocycles. The number of aromatic nitrogens is 1. The lowest BCUT2D eigenvalue weighted by atomic mass is 9.83. The first-order valence-electron chi connectivity index (χ1n) is 17.5. The minimum atomic E-state index is -5.08. The molecule has 3 amide bonds. The third kappa shape index (κ3) is 13.4. The second kappa shape index (κ2) is 20.2. The van der Waals surface area contributed by atoms with E-state index in [0.717, 1.165) is 52.6 Å². The van der Waals surface area contributed by atoms with E-state index in [9.17, 15) is 46.6 Å². The van der Waals surface area contributed by atoms with Crippen molar-refractivity contribution in [2.24, 2.45) is 17.1 Å². The number of ketones is 1. The maximum atomic E-state index is 15.0. The quantitative estimate of drug-likeness (QED) is 0.113. The van der Waals surface area contributed by atoms with Crippen molar-refractivity contribution < 1.29 is 60.9 Å². The van der Waals surface area contributed by atoms with E-state index in [1.807, 2.05) is 55.7 Å². The highest BCUT2D eigenvalue weighted by Gasteiger charge is 2.39. The maximum absolute atomic E-state index is 15.0. The number of carboxylic acid groups (broad SMARTS) is 2. The highest BCUT2D eigenvalue weighted by atomic mass is 32.2. The SMILES string of the molecule is CC(C)(C)[C@H](c1cc(-c2cc(F)ccc2F)cn1Cc1ccccc1)N(CCCN)C(=O)CSC[C@H](CC(=O)CN1C(=O)C=CC1=O)C(=O)O.O=C(O)C(F)(F)F. The van der Waals surface area contributed by atoms with Gasteiger partial charge in [-0.1, -0.05) is 51.1 Å². The van der Waals surface area contributed by atoms with Crippen molar-refractivity contribution in [3.63, 3.8) is 0 Å². The second-order valence-corrected chi connectivity index (χ2v) is 15.1. The Balaban J connectivity index is 0.00000113. The number of Topliss-reactive ketones (excluding diaryl/α,β-unsaturated/α-hetero) is 1. The van der Waals surface area contributed by atoms with Gasteiger partial charge in [-0.3, -0.25) is 28.9 Å². The van der Waals surface area contributed by atoms with Gasteiger partial charge in [0.1, 0.15) is 11.6 Å². The molecule has 0 spiro atoms. The molecule has 308 valence electrons. The first-order chi connectivity index (χ1) is 26.6. The first-order valence-corrected chi connectivity index (χ1v) is 18.6. The first kappa shape index (κ1) is 46.0. The molecule has 1 aliphatic heterocycles. The Hall–Kier alpha value is -5.36. The molecular weight excluding hydrogens is 780 g/mol. The van der Waals surface area contributed by atoms with E-state index in [4.69, 9.17) is 15.6 Å². The number of carbonyl (C=O) groups is 6. The molecule has 2 aromatic carbocycles. The normalized spacial score (nSPS) is 13.9. The lowest BCUT2D eigenvalue weighted by molar-refractivity contribution is -0.192. The Labute approximate surface area is 329 Å². The summed E-state index contributed by atoms with van der Waals surface area (Å²) in [5.74, 6) is -8.63. The molecule has 12 nitrogen and oxygen atoms in total. The Bertz CT molecular complexity index is 1950.